The molecule has 0 aliphatic rings. The van der Waals surface area contributed by atoms with Gasteiger partial charge in [-0.05, 0) is 43.3 Å². The smallest absolute Gasteiger partial charge is 0.416 e. The molecule has 1 aromatic heterocycles. The van der Waals surface area contributed by atoms with Gasteiger partial charge in [-0.1, -0.05) is 12.1 Å². The van der Waals surface area contributed by atoms with E-state index in [9.17, 15) is 18.3 Å². The highest BCUT2D eigenvalue weighted by atomic mass is 32.1. The fourth-order valence-corrected chi connectivity index (χ4v) is 3.49. The maximum absolute atomic E-state index is 12.7. The van der Waals surface area contributed by atoms with Crippen molar-refractivity contribution in [2.45, 2.75) is 19.6 Å². The molecular weight excluding hydrogens is 361 g/mol. The van der Waals surface area contributed by atoms with Crippen LogP contribution in [0.25, 0.3) is 10.6 Å². The second-order valence-electron chi connectivity index (χ2n) is 5.74. The Hall–Kier alpha value is -2.54. The number of hydrogen-bond donors (Lipinski definition) is 1. The standard InChI is InChI=1S/C19H17F3N2OS/c1-2-24(15-7-9-16(25)10-8-15)12-17-11-23-18(26-17)13-3-5-14(6-4-13)19(20,21)22/h3-11,25H,2,12H2,1H3. The van der Waals surface area contributed by atoms with Crippen molar-refractivity contribution in [2.75, 3.05) is 11.4 Å². The first-order valence-corrected chi connectivity index (χ1v) is 8.85. The molecular formula is C19H17F3N2OS. The van der Waals surface area contributed by atoms with Crippen molar-refractivity contribution in [2.24, 2.45) is 0 Å². The molecule has 0 spiro atoms. The van der Waals surface area contributed by atoms with E-state index in [4.69, 9.17) is 0 Å². The molecule has 0 saturated heterocycles. The minimum atomic E-state index is -4.34. The highest BCUT2D eigenvalue weighted by Crippen LogP contribution is 2.32. The van der Waals surface area contributed by atoms with Crippen LogP contribution in [0.2, 0.25) is 0 Å². The van der Waals surface area contributed by atoms with Crippen molar-refractivity contribution in [1.29, 1.82) is 0 Å². The number of aromatic nitrogens is 1. The molecule has 0 fully saturated rings. The van der Waals surface area contributed by atoms with Crippen molar-refractivity contribution < 1.29 is 18.3 Å². The zero-order chi connectivity index (χ0) is 18.7. The van der Waals surface area contributed by atoms with Gasteiger partial charge in [-0.15, -0.1) is 11.3 Å². The Labute approximate surface area is 153 Å². The summed E-state index contributed by atoms with van der Waals surface area (Å²) in [7, 11) is 0. The summed E-state index contributed by atoms with van der Waals surface area (Å²) < 4.78 is 38.0. The van der Waals surface area contributed by atoms with Gasteiger partial charge in [-0.2, -0.15) is 13.2 Å². The third-order valence-corrected chi connectivity index (χ3v) is 4.99. The number of phenolic OH excluding ortho intramolecular Hbond substituents is 1. The van der Waals surface area contributed by atoms with Crippen LogP contribution in [-0.4, -0.2) is 16.6 Å². The number of halogens is 3. The highest BCUT2D eigenvalue weighted by Gasteiger charge is 2.30. The Kier molecular flexibility index (Phi) is 5.18. The average molecular weight is 378 g/mol. The van der Waals surface area contributed by atoms with E-state index < -0.39 is 11.7 Å². The van der Waals surface area contributed by atoms with E-state index in [2.05, 4.69) is 9.88 Å². The molecule has 0 aliphatic heterocycles. The molecule has 2 aromatic carbocycles. The molecule has 0 aliphatic carbocycles. The lowest BCUT2D eigenvalue weighted by molar-refractivity contribution is -0.137. The quantitative estimate of drug-likeness (QED) is 0.631. The van der Waals surface area contributed by atoms with Crippen molar-refractivity contribution in [3.63, 3.8) is 0 Å². The Morgan fingerprint density at radius 1 is 1.04 bits per heavy atom. The SMILES string of the molecule is CCN(Cc1cnc(-c2ccc(C(F)(F)F)cc2)s1)c1ccc(O)cc1. The van der Waals surface area contributed by atoms with Crippen LogP contribution in [0.4, 0.5) is 18.9 Å². The van der Waals surface area contributed by atoms with Gasteiger partial charge in [0, 0.05) is 28.9 Å². The molecule has 136 valence electrons. The molecule has 26 heavy (non-hydrogen) atoms. The van der Waals surface area contributed by atoms with E-state index >= 15 is 0 Å². The minimum absolute atomic E-state index is 0.215. The fourth-order valence-electron chi connectivity index (χ4n) is 2.55. The number of thiazole rings is 1. The summed E-state index contributed by atoms with van der Waals surface area (Å²) in [4.78, 5) is 7.48. The zero-order valence-corrected chi connectivity index (χ0v) is 14.8. The highest BCUT2D eigenvalue weighted by molar-refractivity contribution is 7.15. The first-order valence-electron chi connectivity index (χ1n) is 8.03. The molecule has 3 nitrogen and oxygen atoms in total. The summed E-state index contributed by atoms with van der Waals surface area (Å²) in [6, 6.07) is 12.0. The van der Waals surface area contributed by atoms with E-state index in [0.29, 0.717) is 17.1 Å². The van der Waals surface area contributed by atoms with Gasteiger partial charge in [0.2, 0.25) is 0 Å². The van der Waals surface area contributed by atoms with Gasteiger partial charge in [0.25, 0.3) is 0 Å². The minimum Gasteiger partial charge on any atom is -0.508 e. The van der Waals surface area contributed by atoms with E-state index in [1.54, 1.807) is 18.3 Å². The second-order valence-corrected chi connectivity index (χ2v) is 6.85. The monoisotopic (exact) mass is 378 g/mol. The number of alkyl halides is 3. The summed E-state index contributed by atoms with van der Waals surface area (Å²) in [5.74, 6) is 0.215. The Morgan fingerprint density at radius 2 is 1.69 bits per heavy atom. The molecule has 7 heteroatoms. The Balaban J connectivity index is 1.75. The van der Waals surface area contributed by atoms with Crippen LogP contribution in [0.5, 0.6) is 5.75 Å². The lowest BCUT2D eigenvalue weighted by Gasteiger charge is -2.22. The third kappa shape index (κ3) is 4.16. The molecule has 1 heterocycles. The van der Waals surface area contributed by atoms with Gasteiger partial charge in [-0.25, -0.2) is 4.98 Å². The third-order valence-electron chi connectivity index (χ3n) is 3.96. The number of aromatic hydroxyl groups is 1. The summed E-state index contributed by atoms with van der Waals surface area (Å²) in [6.45, 7) is 3.45. The number of benzene rings is 2. The predicted molar refractivity (Wildman–Crippen MR) is 97.4 cm³/mol. The van der Waals surface area contributed by atoms with Gasteiger partial charge in [0.15, 0.2) is 0 Å². The first kappa shape index (κ1) is 18.3. The number of nitrogens with zero attached hydrogens (tertiary/aromatic N) is 2. The number of rotatable bonds is 5. The average Bonchev–Trinajstić information content (AvgIpc) is 3.08. The Morgan fingerprint density at radius 3 is 2.27 bits per heavy atom. The van der Waals surface area contributed by atoms with Gasteiger partial charge in [-0.3, -0.25) is 0 Å². The van der Waals surface area contributed by atoms with Gasteiger partial charge in [0.05, 0.1) is 12.1 Å². The zero-order valence-electron chi connectivity index (χ0n) is 14.0. The van der Waals surface area contributed by atoms with Crippen molar-refractivity contribution >= 4 is 17.0 Å². The lowest BCUT2D eigenvalue weighted by Crippen LogP contribution is -2.21. The number of hydrogen-bond acceptors (Lipinski definition) is 4. The normalized spacial score (nSPS) is 11.5. The molecule has 0 unspecified atom stereocenters. The van der Waals surface area contributed by atoms with E-state index in [0.717, 1.165) is 29.2 Å². The van der Waals surface area contributed by atoms with Crippen LogP contribution in [0.3, 0.4) is 0 Å². The van der Waals surface area contributed by atoms with Crippen molar-refractivity contribution in [3.05, 3.63) is 65.2 Å². The maximum atomic E-state index is 12.7. The molecule has 3 aromatic rings. The second kappa shape index (κ2) is 7.37. The molecule has 1 N–H and O–H groups in total. The summed E-state index contributed by atoms with van der Waals surface area (Å²) in [5, 5.41) is 10.1. The van der Waals surface area contributed by atoms with Crippen molar-refractivity contribution in [1.82, 2.24) is 4.98 Å². The van der Waals surface area contributed by atoms with Crippen LogP contribution in [0.1, 0.15) is 17.4 Å². The Bertz CT molecular complexity index is 858. The molecule has 3 rings (SSSR count). The first-order chi connectivity index (χ1) is 12.4. The summed E-state index contributed by atoms with van der Waals surface area (Å²) >= 11 is 1.46. The molecule has 0 amide bonds. The molecule has 0 saturated carbocycles. The van der Waals surface area contributed by atoms with Crippen LogP contribution < -0.4 is 4.90 Å². The van der Waals surface area contributed by atoms with Gasteiger partial charge < -0.3 is 10.0 Å². The van der Waals surface area contributed by atoms with Gasteiger partial charge >= 0.3 is 6.18 Å². The fraction of sp³-hybridized carbons (Fsp3) is 0.211. The van der Waals surface area contributed by atoms with Crippen LogP contribution >= 0.6 is 11.3 Å². The van der Waals surface area contributed by atoms with E-state index in [-0.39, 0.29) is 5.75 Å². The predicted octanol–water partition coefficient (Wildman–Crippen LogP) is 5.56. The van der Waals surface area contributed by atoms with Gasteiger partial charge in [0.1, 0.15) is 10.8 Å². The van der Waals surface area contributed by atoms with Crippen LogP contribution in [-0.2, 0) is 12.7 Å². The maximum Gasteiger partial charge on any atom is 0.416 e. The largest absolute Gasteiger partial charge is 0.508 e. The van der Waals surface area contributed by atoms with E-state index in [1.165, 1.54) is 23.5 Å². The van der Waals surface area contributed by atoms with Crippen molar-refractivity contribution in [3.8, 4) is 16.3 Å². The molecule has 0 bridgehead atoms. The summed E-state index contributed by atoms with van der Waals surface area (Å²) in [6.07, 6.45) is -2.58. The van der Waals surface area contributed by atoms with Crippen LogP contribution in [0.15, 0.2) is 54.7 Å². The molecule has 0 atom stereocenters. The number of anilines is 1. The number of phenols is 1. The topological polar surface area (TPSA) is 36.4 Å². The summed E-state index contributed by atoms with van der Waals surface area (Å²) in [5.41, 5.74) is 0.985. The lowest BCUT2D eigenvalue weighted by atomic mass is 10.1. The van der Waals surface area contributed by atoms with E-state index in [1.807, 2.05) is 19.1 Å². The van der Waals surface area contributed by atoms with Crippen LogP contribution in [0, 0.1) is 0 Å². The molecule has 0 radical (unpaired) electrons.